The van der Waals surface area contributed by atoms with E-state index in [1.54, 1.807) is 27.6 Å². The van der Waals surface area contributed by atoms with Gasteiger partial charge in [0.1, 0.15) is 0 Å². The summed E-state index contributed by atoms with van der Waals surface area (Å²) in [6.07, 6.45) is 5.60. The zero-order chi connectivity index (χ0) is 15.9. The standard InChI is InChI=1S/C17H16ClN3O/c1-11-7-17(22)21(16-5-4-14(18)6-12(16)2)10-15(11)13-8-19-20(3)9-13/h4-10H,1-3H3. The second kappa shape index (κ2) is 5.46. The highest BCUT2D eigenvalue weighted by atomic mass is 35.5. The number of halogens is 1. The Morgan fingerprint density at radius 2 is 1.86 bits per heavy atom. The van der Waals surface area contributed by atoms with Gasteiger partial charge in [-0.3, -0.25) is 14.0 Å². The fourth-order valence-corrected chi connectivity index (χ4v) is 2.79. The molecule has 0 fully saturated rings. The minimum Gasteiger partial charge on any atom is -0.283 e. The second-order valence-corrected chi connectivity index (χ2v) is 5.85. The first kappa shape index (κ1) is 14.6. The first-order valence-electron chi connectivity index (χ1n) is 6.94. The van der Waals surface area contributed by atoms with Crippen LogP contribution in [0.15, 0.2) is 47.7 Å². The minimum atomic E-state index is -0.0597. The van der Waals surface area contributed by atoms with Crippen LogP contribution < -0.4 is 5.56 Å². The SMILES string of the molecule is Cc1cc(=O)n(-c2ccc(Cl)cc2C)cc1-c1cnn(C)c1. The zero-order valence-electron chi connectivity index (χ0n) is 12.7. The molecule has 0 bridgehead atoms. The highest BCUT2D eigenvalue weighted by molar-refractivity contribution is 6.30. The Kier molecular flexibility index (Phi) is 3.62. The van der Waals surface area contributed by atoms with Crippen LogP contribution in [0, 0.1) is 13.8 Å². The van der Waals surface area contributed by atoms with E-state index in [2.05, 4.69) is 5.10 Å². The van der Waals surface area contributed by atoms with Crippen LogP contribution >= 0.6 is 11.6 Å². The van der Waals surface area contributed by atoms with Gasteiger partial charge in [-0.25, -0.2) is 0 Å². The van der Waals surface area contributed by atoms with Crippen molar-refractivity contribution in [1.82, 2.24) is 14.3 Å². The molecule has 4 nitrogen and oxygen atoms in total. The van der Waals surface area contributed by atoms with E-state index in [1.807, 2.05) is 45.4 Å². The molecule has 0 spiro atoms. The number of rotatable bonds is 2. The number of aryl methyl sites for hydroxylation is 3. The molecule has 3 aromatic rings. The second-order valence-electron chi connectivity index (χ2n) is 5.41. The van der Waals surface area contributed by atoms with Crippen molar-refractivity contribution >= 4 is 11.6 Å². The van der Waals surface area contributed by atoms with Crippen molar-refractivity contribution in [1.29, 1.82) is 0 Å². The van der Waals surface area contributed by atoms with Gasteiger partial charge in [-0.05, 0) is 43.2 Å². The molecule has 0 saturated heterocycles. The van der Waals surface area contributed by atoms with Crippen molar-refractivity contribution in [3.05, 3.63) is 69.4 Å². The van der Waals surface area contributed by atoms with Gasteiger partial charge in [0.05, 0.1) is 11.9 Å². The number of benzene rings is 1. The number of nitrogens with zero attached hydrogens (tertiary/aromatic N) is 3. The molecule has 1 aromatic carbocycles. The van der Waals surface area contributed by atoms with Crippen molar-refractivity contribution < 1.29 is 0 Å². The molecule has 0 amide bonds. The van der Waals surface area contributed by atoms with E-state index >= 15 is 0 Å². The molecule has 112 valence electrons. The summed E-state index contributed by atoms with van der Waals surface area (Å²) in [4.78, 5) is 12.4. The lowest BCUT2D eigenvalue weighted by atomic mass is 10.1. The Bertz CT molecular complexity index is 909. The summed E-state index contributed by atoms with van der Waals surface area (Å²) in [5, 5.41) is 4.86. The molecule has 0 aliphatic heterocycles. The maximum atomic E-state index is 12.4. The minimum absolute atomic E-state index is 0.0597. The summed E-state index contributed by atoms with van der Waals surface area (Å²) in [6, 6.07) is 7.16. The third-order valence-electron chi connectivity index (χ3n) is 3.69. The van der Waals surface area contributed by atoms with Gasteiger partial charge in [0.25, 0.3) is 5.56 Å². The summed E-state index contributed by atoms with van der Waals surface area (Å²) in [5.74, 6) is 0. The van der Waals surface area contributed by atoms with Crippen molar-refractivity contribution in [3.63, 3.8) is 0 Å². The largest absolute Gasteiger partial charge is 0.283 e. The van der Waals surface area contributed by atoms with Gasteiger partial charge in [-0.2, -0.15) is 5.10 Å². The smallest absolute Gasteiger partial charge is 0.255 e. The summed E-state index contributed by atoms with van der Waals surface area (Å²) in [6.45, 7) is 3.88. The Morgan fingerprint density at radius 1 is 1.09 bits per heavy atom. The van der Waals surface area contributed by atoms with Crippen molar-refractivity contribution in [3.8, 4) is 16.8 Å². The predicted molar refractivity (Wildman–Crippen MR) is 88.7 cm³/mol. The fourth-order valence-electron chi connectivity index (χ4n) is 2.57. The van der Waals surface area contributed by atoms with Gasteiger partial charge in [0.15, 0.2) is 0 Å². The summed E-state index contributed by atoms with van der Waals surface area (Å²) in [7, 11) is 1.87. The summed E-state index contributed by atoms with van der Waals surface area (Å²) in [5.41, 5.74) is 4.63. The molecular formula is C17H16ClN3O. The van der Waals surface area contributed by atoms with Gasteiger partial charge in [0.2, 0.25) is 0 Å². The molecular weight excluding hydrogens is 298 g/mol. The lowest BCUT2D eigenvalue weighted by molar-refractivity contribution is 0.768. The van der Waals surface area contributed by atoms with Crippen LogP contribution in [-0.4, -0.2) is 14.3 Å². The molecule has 2 aromatic heterocycles. The van der Waals surface area contributed by atoms with E-state index in [4.69, 9.17) is 11.6 Å². The van der Waals surface area contributed by atoms with E-state index in [-0.39, 0.29) is 5.56 Å². The van der Waals surface area contributed by atoms with E-state index in [0.29, 0.717) is 5.02 Å². The Labute approximate surface area is 133 Å². The molecule has 0 radical (unpaired) electrons. The lowest BCUT2D eigenvalue weighted by Crippen LogP contribution is -2.18. The normalized spacial score (nSPS) is 10.9. The number of aromatic nitrogens is 3. The van der Waals surface area contributed by atoms with E-state index in [0.717, 1.165) is 27.9 Å². The number of pyridine rings is 1. The van der Waals surface area contributed by atoms with Gasteiger partial charge in [-0.15, -0.1) is 0 Å². The fraction of sp³-hybridized carbons (Fsp3) is 0.176. The van der Waals surface area contributed by atoms with Gasteiger partial charge in [-0.1, -0.05) is 11.6 Å². The maximum Gasteiger partial charge on any atom is 0.255 e. The average molecular weight is 314 g/mol. The van der Waals surface area contributed by atoms with Gasteiger partial charge in [0, 0.05) is 41.7 Å². The highest BCUT2D eigenvalue weighted by Crippen LogP contribution is 2.24. The predicted octanol–water partition coefficient (Wildman–Crippen LogP) is 3.51. The molecule has 3 rings (SSSR count). The summed E-state index contributed by atoms with van der Waals surface area (Å²) >= 11 is 6.00. The van der Waals surface area contributed by atoms with Crippen LogP contribution in [-0.2, 0) is 7.05 Å². The van der Waals surface area contributed by atoms with Crippen LogP contribution in [0.3, 0.4) is 0 Å². The van der Waals surface area contributed by atoms with E-state index < -0.39 is 0 Å². The molecule has 0 saturated carbocycles. The third-order valence-corrected chi connectivity index (χ3v) is 3.93. The van der Waals surface area contributed by atoms with Crippen LogP contribution in [0.5, 0.6) is 0 Å². The molecule has 0 aliphatic rings. The van der Waals surface area contributed by atoms with Crippen LogP contribution in [0.4, 0.5) is 0 Å². The molecule has 0 N–H and O–H groups in total. The number of hydrogen-bond acceptors (Lipinski definition) is 2. The average Bonchev–Trinajstić information content (AvgIpc) is 2.86. The Morgan fingerprint density at radius 3 is 2.50 bits per heavy atom. The van der Waals surface area contributed by atoms with Crippen LogP contribution in [0.25, 0.3) is 16.8 Å². The Hall–Kier alpha value is -2.33. The lowest BCUT2D eigenvalue weighted by Gasteiger charge is -2.12. The van der Waals surface area contributed by atoms with E-state index in [9.17, 15) is 4.79 Å². The topological polar surface area (TPSA) is 39.8 Å². The van der Waals surface area contributed by atoms with E-state index in [1.165, 1.54) is 0 Å². The third kappa shape index (κ3) is 2.57. The van der Waals surface area contributed by atoms with Crippen LogP contribution in [0.2, 0.25) is 5.02 Å². The van der Waals surface area contributed by atoms with Crippen molar-refractivity contribution in [2.45, 2.75) is 13.8 Å². The first-order valence-corrected chi connectivity index (χ1v) is 7.32. The molecule has 5 heteroatoms. The van der Waals surface area contributed by atoms with Gasteiger partial charge < -0.3 is 0 Å². The molecule has 0 aliphatic carbocycles. The van der Waals surface area contributed by atoms with Crippen LogP contribution in [0.1, 0.15) is 11.1 Å². The van der Waals surface area contributed by atoms with Crippen molar-refractivity contribution in [2.24, 2.45) is 7.05 Å². The maximum absolute atomic E-state index is 12.4. The Balaban J connectivity index is 2.22. The molecule has 0 unspecified atom stereocenters. The monoisotopic (exact) mass is 313 g/mol. The van der Waals surface area contributed by atoms with Gasteiger partial charge >= 0.3 is 0 Å². The number of hydrogen-bond donors (Lipinski definition) is 0. The summed E-state index contributed by atoms with van der Waals surface area (Å²) < 4.78 is 3.40. The highest BCUT2D eigenvalue weighted by Gasteiger charge is 2.10. The zero-order valence-corrected chi connectivity index (χ0v) is 13.4. The molecule has 22 heavy (non-hydrogen) atoms. The molecule has 2 heterocycles. The quantitative estimate of drug-likeness (QED) is 0.726. The molecule has 0 atom stereocenters. The van der Waals surface area contributed by atoms with Crippen molar-refractivity contribution in [2.75, 3.05) is 0 Å². The first-order chi connectivity index (χ1) is 10.5.